The van der Waals surface area contributed by atoms with E-state index >= 15 is 0 Å². The lowest BCUT2D eigenvalue weighted by molar-refractivity contribution is 0.312. The highest BCUT2D eigenvalue weighted by Gasteiger charge is 2.16. The minimum atomic E-state index is 0.775. The van der Waals surface area contributed by atoms with E-state index in [9.17, 15) is 0 Å². The Labute approximate surface area is 122 Å². The molecular weight excluding hydrogens is 250 g/mol. The molecule has 1 aliphatic rings. The van der Waals surface area contributed by atoms with E-state index < -0.39 is 0 Å². The molecule has 0 aliphatic heterocycles. The van der Waals surface area contributed by atoms with Crippen molar-refractivity contribution in [2.75, 3.05) is 12.3 Å². The summed E-state index contributed by atoms with van der Waals surface area (Å²) in [4.78, 5) is 1.40. The van der Waals surface area contributed by atoms with Gasteiger partial charge in [0.2, 0.25) is 0 Å². The van der Waals surface area contributed by atoms with Crippen molar-refractivity contribution in [2.24, 2.45) is 5.92 Å². The Hall–Kier alpha value is -0.470. The summed E-state index contributed by atoms with van der Waals surface area (Å²) in [6, 6.07) is 7.56. The highest BCUT2D eigenvalue weighted by Crippen LogP contribution is 2.24. The van der Waals surface area contributed by atoms with E-state index in [4.69, 9.17) is 0 Å². The van der Waals surface area contributed by atoms with Crippen molar-refractivity contribution in [2.45, 2.75) is 57.4 Å². The van der Waals surface area contributed by atoms with Crippen molar-refractivity contribution in [1.29, 1.82) is 0 Å². The zero-order valence-electron chi connectivity index (χ0n) is 12.5. The number of hydrogen-bond donors (Lipinski definition) is 1. The first kappa shape index (κ1) is 14.9. The molecule has 0 radical (unpaired) electrons. The summed E-state index contributed by atoms with van der Waals surface area (Å²) in [6.07, 6.45) is 5.55. The van der Waals surface area contributed by atoms with E-state index in [1.165, 1.54) is 47.5 Å². The third-order valence-electron chi connectivity index (χ3n) is 4.30. The molecule has 1 saturated carbocycles. The maximum Gasteiger partial charge on any atom is 0.0106 e. The van der Waals surface area contributed by atoms with Crippen LogP contribution in [0.15, 0.2) is 23.1 Å². The Bertz CT molecular complexity index is 394. The van der Waals surface area contributed by atoms with Crippen molar-refractivity contribution in [3.63, 3.8) is 0 Å². The van der Waals surface area contributed by atoms with Gasteiger partial charge in [0.25, 0.3) is 0 Å². The van der Waals surface area contributed by atoms with Gasteiger partial charge >= 0.3 is 0 Å². The minimum absolute atomic E-state index is 0.775. The van der Waals surface area contributed by atoms with Crippen LogP contribution in [0.3, 0.4) is 0 Å². The third kappa shape index (κ3) is 4.85. The second kappa shape index (κ2) is 7.35. The van der Waals surface area contributed by atoms with E-state index in [0.717, 1.165) is 18.5 Å². The van der Waals surface area contributed by atoms with Crippen LogP contribution in [-0.2, 0) is 0 Å². The van der Waals surface area contributed by atoms with Crippen molar-refractivity contribution in [1.82, 2.24) is 5.32 Å². The predicted octanol–water partition coefficient (Wildman–Crippen LogP) is 4.56. The molecule has 0 aromatic heterocycles. The quantitative estimate of drug-likeness (QED) is 0.625. The number of rotatable bonds is 5. The molecule has 0 spiro atoms. The second-order valence-electron chi connectivity index (χ2n) is 6.01. The molecule has 1 aromatic carbocycles. The molecule has 0 amide bonds. The van der Waals surface area contributed by atoms with Gasteiger partial charge in [0.15, 0.2) is 0 Å². The zero-order valence-corrected chi connectivity index (χ0v) is 13.4. The lowest BCUT2D eigenvalue weighted by Gasteiger charge is -2.27. The average molecular weight is 277 g/mol. The largest absolute Gasteiger partial charge is 0.313 e. The monoisotopic (exact) mass is 277 g/mol. The molecule has 1 aliphatic carbocycles. The maximum absolute atomic E-state index is 3.72. The Morgan fingerprint density at radius 2 is 1.84 bits per heavy atom. The van der Waals surface area contributed by atoms with Gasteiger partial charge in [-0.2, -0.15) is 0 Å². The molecule has 19 heavy (non-hydrogen) atoms. The first-order valence-corrected chi connectivity index (χ1v) is 8.57. The van der Waals surface area contributed by atoms with E-state index in [0.29, 0.717) is 0 Å². The van der Waals surface area contributed by atoms with Gasteiger partial charge in [-0.1, -0.05) is 13.0 Å². The molecule has 1 N–H and O–H groups in total. The van der Waals surface area contributed by atoms with Crippen LogP contribution < -0.4 is 5.32 Å². The molecule has 2 heteroatoms. The average Bonchev–Trinajstić information content (AvgIpc) is 2.41. The van der Waals surface area contributed by atoms with Crippen LogP contribution in [0.25, 0.3) is 0 Å². The van der Waals surface area contributed by atoms with Crippen LogP contribution in [-0.4, -0.2) is 18.3 Å². The minimum Gasteiger partial charge on any atom is -0.313 e. The Morgan fingerprint density at radius 1 is 1.11 bits per heavy atom. The molecule has 106 valence electrons. The molecular formula is C17H27NS. The van der Waals surface area contributed by atoms with E-state index in [1.54, 1.807) is 0 Å². The van der Waals surface area contributed by atoms with Crippen molar-refractivity contribution >= 4 is 11.8 Å². The summed E-state index contributed by atoms with van der Waals surface area (Å²) in [7, 11) is 0. The van der Waals surface area contributed by atoms with Gasteiger partial charge in [0.1, 0.15) is 0 Å². The molecule has 1 fully saturated rings. The third-order valence-corrected chi connectivity index (χ3v) is 5.29. The predicted molar refractivity (Wildman–Crippen MR) is 86.1 cm³/mol. The Balaban J connectivity index is 1.65. The Kier molecular flexibility index (Phi) is 5.77. The number of benzene rings is 1. The summed E-state index contributed by atoms with van der Waals surface area (Å²) in [5.74, 6) is 2.12. The maximum atomic E-state index is 3.72. The highest BCUT2D eigenvalue weighted by molar-refractivity contribution is 7.99. The summed E-state index contributed by atoms with van der Waals surface area (Å²) < 4.78 is 0. The number of nitrogens with one attached hydrogen (secondary N) is 1. The molecule has 0 atom stereocenters. The fraction of sp³-hybridized carbons (Fsp3) is 0.647. The molecule has 0 heterocycles. The first-order chi connectivity index (χ1) is 9.15. The van der Waals surface area contributed by atoms with Crippen LogP contribution in [0.4, 0.5) is 0 Å². The van der Waals surface area contributed by atoms with Crippen molar-refractivity contribution in [3.05, 3.63) is 29.3 Å². The number of hydrogen-bond acceptors (Lipinski definition) is 2. The zero-order chi connectivity index (χ0) is 13.7. The topological polar surface area (TPSA) is 12.0 Å². The number of thioether (sulfide) groups is 1. The summed E-state index contributed by atoms with van der Waals surface area (Å²) in [5, 5.41) is 3.72. The van der Waals surface area contributed by atoms with Crippen LogP contribution in [0.1, 0.15) is 43.7 Å². The van der Waals surface area contributed by atoms with Gasteiger partial charge in [-0.25, -0.2) is 0 Å². The lowest BCUT2D eigenvalue weighted by atomic mass is 9.87. The van der Waals surface area contributed by atoms with Gasteiger partial charge < -0.3 is 5.32 Å². The van der Waals surface area contributed by atoms with Crippen LogP contribution in [0, 0.1) is 19.8 Å². The second-order valence-corrected chi connectivity index (χ2v) is 7.17. The fourth-order valence-electron chi connectivity index (χ4n) is 2.70. The van der Waals surface area contributed by atoms with Gasteiger partial charge in [-0.05, 0) is 68.7 Å². The number of aryl methyl sites for hydroxylation is 2. The van der Waals surface area contributed by atoms with E-state index in [1.807, 2.05) is 11.8 Å². The Morgan fingerprint density at radius 3 is 2.53 bits per heavy atom. The van der Waals surface area contributed by atoms with Gasteiger partial charge in [-0.3, -0.25) is 0 Å². The van der Waals surface area contributed by atoms with E-state index in [-0.39, 0.29) is 0 Å². The summed E-state index contributed by atoms with van der Waals surface area (Å²) >= 11 is 1.97. The first-order valence-electron chi connectivity index (χ1n) is 7.58. The standard InChI is InChI=1S/C17H27NS/c1-13-4-7-16(8-5-13)18-10-11-19-17-9-6-14(2)15(3)12-17/h6,9,12-13,16,18H,4-5,7-8,10-11H2,1-3H3. The molecule has 0 saturated heterocycles. The van der Waals surface area contributed by atoms with Crippen LogP contribution >= 0.6 is 11.8 Å². The molecule has 2 rings (SSSR count). The molecule has 0 unspecified atom stereocenters. The van der Waals surface area contributed by atoms with Crippen LogP contribution in [0.5, 0.6) is 0 Å². The fourth-order valence-corrected chi connectivity index (χ4v) is 3.58. The smallest absolute Gasteiger partial charge is 0.0106 e. The normalized spacial score (nSPS) is 23.5. The lowest BCUT2D eigenvalue weighted by Crippen LogP contribution is -2.34. The van der Waals surface area contributed by atoms with Gasteiger partial charge in [0, 0.05) is 23.2 Å². The molecule has 1 nitrogen and oxygen atoms in total. The van der Waals surface area contributed by atoms with Crippen LogP contribution in [0.2, 0.25) is 0 Å². The van der Waals surface area contributed by atoms with Gasteiger partial charge in [0.05, 0.1) is 0 Å². The molecule has 0 bridgehead atoms. The molecule has 1 aromatic rings. The summed E-state index contributed by atoms with van der Waals surface area (Å²) in [5.41, 5.74) is 2.79. The highest BCUT2D eigenvalue weighted by atomic mass is 32.2. The summed E-state index contributed by atoms with van der Waals surface area (Å²) in [6.45, 7) is 7.89. The van der Waals surface area contributed by atoms with Crippen molar-refractivity contribution in [3.8, 4) is 0 Å². The van der Waals surface area contributed by atoms with E-state index in [2.05, 4.69) is 44.3 Å². The SMILES string of the molecule is Cc1ccc(SCCNC2CCC(C)CC2)cc1C. The van der Waals surface area contributed by atoms with Crippen molar-refractivity contribution < 1.29 is 0 Å². The van der Waals surface area contributed by atoms with Gasteiger partial charge in [-0.15, -0.1) is 11.8 Å².